The maximum Gasteiger partial charge on any atom is 0.242 e. The number of sulfonamides is 1. The Balaban J connectivity index is 2.12. The smallest absolute Gasteiger partial charge is 0.242 e. The highest BCUT2D eigenvalue weighted by Crippen LogP contribution is 2.14. The lowest BCUT2D eigenvalue weighted by molar-refractivity contribution is 0.580. The van der Waals surface area contributed by atoms with Crippen LogP contribution in [0.15, 0.2) is 52.1 Å². The summed E-state index contributed by atoms with van der Waals surface area (Å²) < 4.78 is 39.7. The van der Waals surface area contributed by atoms with Gasteiger partial charge in [-0.2, -0.15) is 0 Å². The fourth-order valence-corrected chi connectivity index (χ4v) is 2.92. The van der Waals surface area contributed by atoms with E-state index in [2.05, 4.69) is 25.6 Å². The van der Waals surface area contributed by atoms with Crippen LogP contribution in [0.3, 0.4) is 0 Å². The van der Waals surface area contributed by atoms with Crippen LogP contribution in [0, 0.1) is 5.82 Å². The van der Waals surface area contributed by atoms with E-state index in [0.717, 1.165) is 0 Å². The van der Waals surface area contributed by atoms with Crippen LogP contribution in [0.5, 0.6) is 0 Å². The Labute approximate surface area is 118 Å². The number of rotatable bonds is 4. The Kier molecular flexibility index (Phi) is 4.28. The summed E-state index contributed by atoms with van der Waals surface area (Å²) >= 11 is 3.16. The molecule has 0 amide bonds. The summed E-state index contributed by atoms with van der Waals surface area (Å²) in [6, 6.07) is 7.07. The minimum atomic E-state index is -3.63. The maximum absolute atomic E-state index is 12.7. The summed E-state index contributed by atoms with van der Waals surface area (Å²) in [6.45, 7) is 0.0924. The molecule has 2 rings (SSSR count). The van der Waals surface area contributed by atoms with Crippen LogP contribution >= 0.6 is 15.9 Å². The minimum Gasteiger partial charge on any atom is -0.262 e. The standard InChI is InChI=1S/C12H10BrFN2O2S/c13-10-5-12(8-15-7-10)19(17,18)16-6-9-1-3-11(14)4-2-9/h1-5,7-8,16H,6H2. The van der Waals surface area contributed by atoms with Gasteiger partial charge in [0, 0.05) is 23.4 Å². The molecule has 0 radical (unpaired) electrons. The van der Waals surface area contributed by atoms with Gasteiger partial charge in [0.15, 0.2) is 0 Å². The molecule has 1 aromatic carbocycles. The van der Waals surface area contributed by atoms with Crippen LogP contribution in [0.2, 0.25) is 0 Å². The van der Waals surface area contributed by atoms with Gasteiger partial charge in [-0.15, -0.1) is 0 Å². The molecule has 4 nitrogen and oxygen atoms in total. The minimum absolute atomic E-state index is 0.0731. The number of nitrogens with zero attached hydrogens (tertiary/aromatic N) is 1. The number of halogens is 2. The topological polar surface area (TPSA) is 59.1 Å². The van der Waals surface area contributed by atoms with Gasteiger partial charge in [-0.05, 0) is 39.7 Å². The van der Waals surface area contributed by atoms with Crippen molar-refractivity contribution in [3.63, 3.8) is 0 Å². The molecule has 0 bridgehead atoms. The quantitative estimate of drug-likeness (QED) is 0.926. The fourth-order valence-electron chi connectivity index (χ4n) is 1.40. The molecule has 100 valence electrons. The van der Waals surface area contributed by atoms with Crippen molar-refractivity contribution in [3.8, 4) is 0 Å². The van der Waals surface area contributed by atoms with Crippen molar-refractivity contribution in [2.24, 2.45) is 0 Å². The molecule has 0 saturated heterocycles. The van der Waals surface area contributed by atoms with E-state index < -0.39 is 10.0 Å². The lowest BCUT2D eigenvalue weighted by Gasteiger charge is -2.06. The molecule has 1 heterocycles. The number of pyridine rings is 1. The molecule has 19 heavy (non-hydrogen) atoms. The van der Waals surface area contributed by atoms with Crippen molar-refractivity contribution in [3.05, 3.63) is 58.6 Å². The number of hydrogen-bond acceptors (Lipinski definition) is 3. The number of nitrogens with one attached hydrogen (secondary N) is 1. The molecule has 0 aliphatic carbocycles. The van der Waals surface area contributed by atoms with Crippen molar-refractivity contribution >= 4 is 26.0 Å². The third-order valence-corrected chi connectivity index (χ3v) is 4.17. The number of aromatic nitrogens is 1. The predicted octanol–water partition coefficient (Wildman–Crippen LogP) is 2.46. The first-order valence-corrected chi connectivity index (χ1v) is 7.60. The van der Waals surface area contributed by atoms with Crippen LogP contribution < -0.4 is 4.72 Å². The molecular formula is C12H10BrFN2O2S. The first-order valence-electron chi connectivity index (χ1n) is 5.32. The highest BCUT2D eigenvalue weighted by atomic mass is 79.9. The summed E-state index contributed by atoms with van der Waals surface area (Å²) in [5.74, 6) is -0.359. The normalized spacial score (nSPS) is 11.5. The molecule has 0 aliphatic heterocycles. The highest BCUT2D eigenvalue weighted by molar-refractivity contribution is 9.10. The Morgan fingerprint density at radius 2 is 1.89 bits per heavy atom. The lowest BCUT2D eigenvalue weighted by Crippen LogP contribution is -2.23. The second-order valence-corrected chi connectivity index (χ2v) is 6.47. The maximum atomic E-state index is 12.7. The van der Waals surface area contributed by atoms with Crippen molar-refractivity contribution in [2.45, 2.75) is 11.4 Å². The van der Waals surface area contributed by atoms with Gasteiger partial charge in [-0.3, -0.25) is 4.98 Å². The van der Waals surface area contributed by atoms with Crippen LogP contribution in [0.4, 0.5) is 4.39 Å². The third-order valence-electron chi connectivity index (χ3n) is 2.37. The largest absolute Gasteiger partial charge is 0.262 e. The van der Waals surface area contributed by atoms with E-state index in [9.17, 15) is 12.8 Å². The third kappa shape index (κ3) is 3.82. The highest BCUT2D eigenvalue weighted by Gasteiger charge is 2.14. The predicted molar refractivity (Wildman–Crippen MR) is 72.4 cm³/mol. The number of hydrogen-bond donors (Lipinski definition) is 1. The number of benzene rings is 1. The molecule has 0 spiro atoms. The average molecular weight is 345 g/mol. The van der Waals surface area contributed by atoms with Gasteiger partial charge in [-0.1, -0.05) is 12.1 Å². The molecule has 2 aromatic rings. The van der Waals surface area contributed by atoms with Gasteiger partial charge in [0.05, 0.1) is 0 Å². The molecule has 0 unspecified atom stereocenters. The van der Waals surface area contributed by atoms with Gasteiger partial charge in [0.25, 0.3) is 0 Å². The molecule has 7 heteroatoms. The zero-order chi connectivity index (χ0) is 13.9. The molecule has 1 N–H and O–H groups in total. The summed E-state index contributed by atoms with van der Waals surface area (Å²) in [7, 11) is -3.63. The van der Waals surface area contributed by atoms with Crippen molar-refractivity contribution < 1.29 is 12.8 Å². The Hall–Kier alpha value is -1.31. The van der Waals surface area contributed by atoms with Crippen LogP contribution in [0.1, 0.15) is 5.56 Å². The second-order valence-electron chi connectivity index (χ2n) is 3.79. The molecule has 0 atom stereocenters. The summed E-state index contributed by atoms with van der Waals surface area (Å²) in [4.78, 5) is 3.87. The van der Waals surface area contributed by atoms with Crippen LogP contribution in [-0.4, -0.2) is 13.4 Å². The van der Waals surface area contributed by atoms with E-state index in [0.29, 0.717) is 10.0 Å². The average Bonchev–Trinajstić information content (AvgIpc) is 2.38. The van der Waals surface area contributed by atoms with Crippen LogP contribution in [0.25, 0.3) is 0 Å². The molecule has 1 aromatic heterocycles. The Bertz CT molecular complexity index is 674. The van der Waals surface area contributed by atoms with E-state index in [-0.39, 0.29) is 17.3 Å². The zero-order valence-corrected chi connectivity index (χ0v) is 12.1. The van der Waals surface area contributed by atoms with E-state index in [4.69, 9.17) is 0 Å². The first-order chi connectivity index (χ1) is 8.97. The van der Waals surface area contributed by atoms with Gasteiger partial charge in [0.2, 0.25) is 10.0 Å². The van der Waals surface area contributed by atoms with Crippen molar-refractivity contribution in [1.82, 2.24) is 9.71 Å². The lowest BCUT2D eigenvalue weighted by atomic mass is 10.2. The summed E-state index contributed by atoms with van der Waals surface area (Å²) in [5.41, 5.74) is 0.674. The Morgan fingerprint density at radius 3 is 2.53 bits per heavy atom. The van der Waals surface area contributed by atoms with E-state index in [1.807, 2.05) is 0 Å². The van der Waals surface area contributed by atoms with E-state index in [1.165, 1.54) is 42.7 Å². The molecule has 0 fully saturated rings. The van der Waals surface area contributed by atoms with Gasteiger partial charge in [0.1, 0.15) is 10.7 Å². The molecule has 0 saturated carbocycles. The van der Waals surface area contributed by atoms with Gasteiger partial charge in [-0.25, -0.2) is 17.5 Å². The van der Waals surface area contributed by atoms with E-state index >= 15 is 0 Å². The zero-order valence-electron chi connectivity index (χ0n) is 9.68. The molecular weight excluding hydrogens is 335 g/mol. The monoisotopic (exact) mass is 344 g/mol. The Morgan fingerprint density at radius 1 is 1.21 bits per heavy atom. The van der Waals surface area contributed by atoms with Gasteiger partial charge < -0.3 is 0 Å². The molecule has 0 aliphatic rings. The van der Waals surface area contributed by atoms with Crippen LogP contribution in [-0.2, 0) is 16.6 Å². The van der Waals surface area contributed by atoms with Crippen molar-refractivity contribution in [1.29, 1.82) is 0 Å². The fraction of sp³-hybridized carbons (Fsp3) is 0.0833. The summed E-state index contributed by atoms with van der Waals surface area (Å²) in [6.07, 6.45) is 2.76. The second kappa shape index (κ2) is 5.77. The van der Waals surface area contributed by atoms with Crippen molar-refractivity contribution in [2.75, 3.05) is 0 Å². The first kappa shape index (κ1) is 14.1. The van der Waals surface area contributed by atoms with E-state index in [1.54, 1.807) is 0 Å². The SMILES string of the molecule is O=S(=O)(NCc1ccc(F)cc1)c1cncc(Br)c1. The van der Waals surface area contributed by atoms with Gasteiger partial charge >= 0.3 is 0 Å². The summed E-state index contributed by atoms with van der Waals surface area (Å²) in [5, 5.41) is 0.